The van der Waals surface area contributed by atoms with E-state index in [0.717, 1.165) is 12.5 Å². The molecule has 1 amide bonds. The minimum absolute atomic E-state index is 0.0471. The summed E-state index contributed by atoms with van der Waals surface area (Å²) < 4.78 is 0. The molecule has 0 spiro atoms. The molecule has 0 aromatic heterocycles. The molecule has 70 valence electrons. The van der Waals surface area contributed by atoms with E-state index in [1.165, 1.54) is 12.8 Å². The van der Waals surface area contributed by atoms with Gasteiger partial charge in [0.2, 0.25) is 5.91 Å². The highest BCUT2D eigenvalue weighted by atomic mass is 32.1. The Kier molecular flexibility index (Phi) is 3.44. The third-order valence-electron chi connectivity index (χ3n) is 2.40. The molecule has 1 fully saturated rings. The Labute approximate surface area is 79.5 Å². The molecule has 0 saturated heterocycles. The molecule has 2 unspecified atom stereocenters. The molecule has 0 aromatic carbocycles. The lowest BCUT2D eigenvalue weighted by atomic mass is 10.1. The highest BCUT2D eigenvalue weighted by Gasteiger charge is 2.27. The Balaban J connectivity index is 2.11. The van der Waals surface area contributed by atoms with Crippen LogP contribution in [-0.2, 0) is 4.79 Å². The van der Waals surface area contributed by atoms with Gasteiger partial charge in [-0.3, -0.25) is 4.79 Å². The normalized spacial score (nSPS) is 21.6. The van der Waals surface area contributed by atoms with Crippen LogP contribution < -0.4 is 5.32 Å². The summed E-state index contributed by atoms with van der Waals surface area (Å²) in [5, 5.41) is 2.70. The van der Waals surface area contributed by atoms with Crippen molar-refractivity contribution in [3.8, 4) is 0 Å². The van der Waals surface area contributed by atoms with E-state index < -0.39 is 0 Å². The fourth-order valence-corrected chi connectivity index (χ4v) is 1.33. The number of thiol groups is 1. The molecule has 12 heavy (non-hydrogen) atoms. The second-order valence-electron chi connectivity index (χ2n) is 3.74. The van der Waals surface area contributed by atoms with Gasteiger partial charge in [-0.05, 0) is 31.6 Å². The van der Waals surface area contributed by atoms with Crippen molar-refractivity contribution in [3.63, 3.8) is 0 Å². The molecule has 0 aromatic rings. The van der Waals surface area contributed by atoms with E-state index in [0.29, 0.717) is 5.92 Å². The zero-order valence-electron chi connectivity index (χ0n) is 7.71. The molecule has 0 radical (unpaired) electrons. The SMILES string of the molecule is CC(S)C(=O)NCC(C)C1CC1. The van der Waals surface area contributed by atoms with Gasteiger partial charge < -0.3 is 5.32 Å². The van der Waals surface area contributed by atoms with Gasteiger partial charge in [0.05, 0.1) is 5.25 Å². The molecule has 1 rings (SSSR count). The Hall–Kier alpha value is -0.180. The molecule has 1 aliphatic rings. The number of carbonyl (C=O) groups is 1. The van der Waals surface area contributed by atoms with Gasteiger partial charge >= 0.3 is 0 Å². The van der Waals surface area contributed by atoms with Gasteiger partial charge in [0, 0.05) is 6.54 Å². The number of hydrogen-bond acceptors (Lipinski definition) is 2. The van der Waals surface area contributed by atoms with Gasteiger partial charge in [-0.15, -0.1) is 0 Å². The first-order valence-electron chi connectivity index (χ1n) is 4.57. The topological polar surface area (TPSA) is 29.1 Å². The predicted molar refractivity (Wildman–Crippen MR) is 53.3 cm³/mol. The van der Waals surface area contributed by atoms with Crippen LogP contribution >= 0.6 is 12.6 Å². The van der Waals surface area contributed by atoms with Gasteiger partial charge in [-0.2, -0.15) is 12.6 Å². The lowest BCUT2D eigenvalue weighted by Gasteiger charge is -2.12. The van der Waals surface area contributed by atoms with Crippen molar-refractivity contribution in [3.05, 3.63) is 0 Å². The molecule has 2 nitrogen and oxygen atoms in total. The first-order valence-corrected chi connectivity index (χ1v) is 5.08. The van der Waals surface area contributed by atoms with Crippen LogP contribution in [0.3, 0.4) is 0 Å². The summed E-state index contributed by atoms with van der Waals surface area (Å²) in [5.74, 6) is 1.55. The van der Waals surface area contributed by atoms with Gasteiger partial charge in [0.25, 0.3) is 0 Å². The second-order valence-corrected chi connectivity index (χ2v) is 4.51. The Bertz CT molecular complexity index is 166. The Morgan fingerprint density at radius 3 is 2.58 bits per heavy atom. The van der Waals surface area contributed by atoms with E-state index >= 15 is 0 Å². The van der Waals surface area contributed by atoms with Gasteiger partial charge in [-0.1, -0.05) is 6.92 Å². The van der Waals surface area contributed by atoms with Crippen molar-refractivity contribution in [2.24, 2.45) is 11.8 Å². The zero-order chi connectivity index (χ0) is 9.14. The maximum absolute atomic E-state index is 11.1. The first-order chi connectivity index (χ1) is 5.61. The van der Waals surface area contributed by atoms with E-state index in [-0.39, 0.29) is 11.2 Å². The molecule has 0 aliphatic heterocycles. The molecule has 3 heteroatoms. The lowest BCUT2D eigenvalue weighted by Crippen LogP contribution is -2.33. The maximum atomic E-state index is 11.1. The minimum Gasteiger partial charge on any atom is -0.355 e. The average Bonchev–Trinajstić information content (AvgIpc) is 2.81. The number of nitrogens with one attached hydrogen (secondary N) is 1. The fraction of sp³-hybridized carbons (Fsp3) is 0.889. The van der Waals surface area contributed by atoms with Crippen molar-refractivity contribution in [2.45, 2.75) is 31.9 Å². The summed E-state index contributed by atoms with van der Waals surface area (Å²) in [6.07, 6.45) is 2.68. The standard InChI is InChI=1S/C9H17NOS/c1-6(8-3-4-8)5-10-9(11)7(2)12/h6-8,12H,3-5H2,1-2H3,(H,10,11). The van der Waals surface area contributed by atoms with Crippen LogP contribution in [0.2, 0.25) is 0 Å². The smallest absolute Gasteiger partial charge is 0.232 e. The van der Waals surface area contributed by atoms with Crippen LogP contribution in [0.5, 0.6) is 0 Å². The first kappa shape index (κ1) is 9.90. The van der Waals surface area contributed by atoms with Gasteiger partial charge in [0.15, 0.2) is 0 Å². The Morgan fingerprint density at radius 1 is 1.58 bits per heavy atom. The van der Waals surface area contributed by atoms with Crippen molar-refractivity contribution in [1.29, 1.82) is 0 Å². The highest BCUT2D eigenvalue weighted by Crippen LogP contribution is 2.35. The summed E-state index contributed by atoms with van der Waals surface area (Å²) in [6, 6.07) is 0. The molecular formula is C9H17NOS. The summed E-state index contributed by atoms with van der Waals surface area (Å²) in [7, 11) is 0. The third kappa shape index (κ3) is 3.05. The van der Waals surface area contributed by atoms with E-state index in [9.17, 15) is 4.79 Å². The van der Waals surface area contributed by atoms with E-state index in [1.54, 1.807) is 6.92 Å². The largest absolute Gasteiger partial charge is 0.355 e. The maximum Gasteiger partial charge on any atom is 0.232 e. The lowest BCUT2D eigenvalue weighted by molar-refractivity contribution is -0.120. The molecule has 2 atom stereocenters. The van der Waals surface area contributed by atoms with Crippen LogP contribution in [0, 0.1) is 11.8 Å². The van der Waals surface area contributed by atoms with Crippen LogP contribution in [0.4, 0.5) is 0 Å². The van der Waals surface area contributed by atoms with Crippen LogP contribution in [0.15, 0.2) is 0 Å². The molecule has 1 aliphatic carbocycles. The van der Waals surface area contributed by atoms with Crippen LogP contribution in [0.25, 0.3) is 0 Å². The van der Waals surface area contributed by atoms with E-state index in [1.807, 2.05) is 0 Å². The molecular weight excluding hydrogens is 170 g/mol. The summed E-state index contributed by atoms with van der Waals surface area (Å²) in [4.78, 5) is 11.1. The van der Waals surface area contributed by atoms with Crippen molar-refractivity contribution in [1.82, 2.24) is 5.32 Å². The minimum atomic E-state index is -0.184. The number of rotatable bonds is 4. The summed E-state index contributed by atoms with van der Waals surface area (Å²) >= 11 is 4.05. The van der Waals surface area contributed by atoms with Gasteiger partial charge in [0.1, 0.15) is 0 Å². The molecule has 0 heterocycles. The highest BCUT2D eigenvalue weighted by molar-refractivity contribution is 7.81. The summed E-state index contributed by atoms with van der Waals surface area (Å²) in [5.41, 5.74) is 0. The van der Waals surface area contributed by atoms with Crippen molar-refractivity contribution >= 4 is 18.5 Å². The number of hydrogen-bond donors (Lipinski definition) is 2. The van der Waals surface area contributed by atoms with Gasteiger partial charge in [-0.25, -0.2) is 0 Å². The van der Waals surface area contributed by atoms with Crippen molar-refractivity contribution < 1.29 is 4.79 Å². The van der Waals surface area contributed by atoms with Crippen LogP contribution in [0.1, 0.15) is 26.7 Å². The number of amides is 1. The summed E-state index contributed by atoms with van der Waals surface area (Å²) in [6.45, 7) is 4.80. The predicted octanol–water partition coefficient (Wildman–Crippen LogP) is 1.47. The molecule has 1 saturated carbocycles. The fourth-order valence-electron chi connectivity index (χ4n) is 1.24. The van der Waals surface area contributed by atoms with E-state index in [2.05, 4.69) is 24.9 Å². The van der Waals surface area contributed by atoms with Crippen LogP contribution in [-0.4, -0.2) is 17.7 Å². The second kappa shape index (κ2) is 4.17. The number of carbonyl (C=O) groups excluding carboxylic acids is 1. The monoisotopic (exact) mass is 187 g/mol. The average molecular weight is 187 g/mol. The van der Waals surface area contributed by atoms with E-state index in [4.69, 9.17) is 0 Å². The third-order valence-corrected chi connectivity index (χ3v) is 2.64. The van der Waals surface area contributed by atoms with Crippen molar-refractivity contribution in [2.75, 3.05) is 6.54 Å². The molecule has 1 N–H and O–H groups in total. The molecule has 0 bridgehead atoms. The zero-order valence-corrected chi connectivity index (χ0v) is 8.60. The quantitative estimate of drug-likeness (QED) is 0.641. The Morgan fingerprint density at radius 2 is 2.17 bits per heavy atom.